The highest BCUT2D eigenvalue weighted by Crippen LogP contribution is 2.40. The van der Waals surface area contributed by atoms with Gasteiger partial charge in [0.1, 0.15) is 11.6 Å². The lowest BCUT2D eigenvalue weighted by Gasteiger charge is -2.39. The number of carboxylic acids is 1. The predicted molar refractivity (Wildman–Crippen MR) is 90.0 cm³/mol. The third-order valence-electron chi connectivity index (χ3n) is 4.48. The van der Waals surface area contributed by atoms with Gasteiger partial charge >= 0.3 is 5.97 Å². The average molecular weight is 343 g/mol. The molecule has 1 heterocycles. The van der Waals surface area contributed by atoms with Crippen molar-refractivity contribution in [3.8, 4) is 5.75 Å². The highest BCUT2D eigenvalue weighted by atomic mass is 19.1. The number of halogens is 1. The van der Waals surface area contributed by atoms with Crippen LogP contribution in [0.15, 0.2) is 48.5 Å². The van der Waals surface area contributed by atoms with E-state index in [1.807, 2.05) is 0 Å². The van der Waals surface area contributed by atoms with E-state index in [4.69, 9.17) is 4.74 Å². The molecule has 1 aliphatic rings. The van der Waals surface area contributed by atoms with Crippen molar-refractivity contribution in [1.29, 1.82) is 0 Å². The van der Waals surface area contributed by atoms with Gasteiger partial charge in [0.2, 0.25) is 5.91 Å². The number of hydrogen-bond donors (Lipinski definition) is 1. The van der Waals surface area contributed by atoms with Crippen LogP contribution in [0.2, 0.25) is 0 Å². The Balaban J connectivity index is 2.07. The second-order valence-electron chi connectivity index (χ2n) is 5.94. The maximum Gasteiger partial charge on any atom is 0.308 e. The Hall–Kier alpha value is -2.89. The largest absolute Gasteiger partial charge is 0.497 e. The molecule has 0 radical (unpaired) electrons. The Bertz CT molecular complexity index is 773. The molecule has 5 nitrogen and oxygen atoms in total. The van der Waals surface area contributed by atoms with Gasteiger partial charge in [-0.15, -0.1) is 0 Å². The number of carbonyl (C=O) groups is 2. The fourth-order valence-electron chi connectivity index (χ4n) is 3.24. The highest BCUT2D eigenvalue weighted by molar-refractivity contribution is 5.96. The van der Waals surface area contributed by atoms with Crippen LogP contribution in [0, 0.1) is 11.7 Å². The summed E-state index contributed by atoms with van der Waals surface area (Å²) in [6, 6.07) is 11.8. The molecule has 0 saturated carbocycles. The first-order valence-corrected chi connectivity index (χ1v) is 7.95. The standard InChI is InChI=1S/C19H18FNO4/c1-25-15-8-2-12(3-9-15)18-16(19(23)24)10-11-17(22)21(18)14-6-4-13(20)5-7-14/h2-9,16,18H,10-11H2,1H3,(H,23,24). The van der Waals surface area contributed by atoms with Crippen molar-refractivity contribution in [2.75, 3.05) is 12.0 Å². The summed E-state index contributed by atoms with van der Waals surface area (Å²) in [7, 11) is 1.55. The lowest BCUT2D eigenvalue weighted by Crippen LogP contribution is -2.45. The van der Waals surface area contributed by atoms with Gasteiger partial charge in [0.15, 0.2) is 0 Å². The van der Waals surface area contributed by atoms with Crippen molar-refractivity contribution < 1.29 is 23.8 Å². The smallest absolute Gasteiger partial charge is 0.308 e. The van der Waals surface area contributed by atoms with E-state index in [-0.39, 0.29) is 18.7 Å². The molecule has 0 aromatic heterocycles. The number of ether oxygens (including phenoxy) is 1. The molecule has 3 rings (SSSR count). The van der Waals surface area contributed by atoms with Crippen LogP contribution in [0.25, 0.3) is 0 Å². The molecular weight excluding hydrogens is 325 g/mol. The number of carboxylic acid groups (broad SMARTS) is 1. The first-order valence-electron chi connectivity index (χ1n) is 7.95. The van der Waals surface area contributed by atoms with Gasteiger partial charge in [0.05, 0.1) is 19.1 Å². The molecule has 2 atom stereocenters. The molecule has 25 heavy (non-hydrogen) atoms. The molecule has 130 valence electrons. The molecule has 1 N–H and O–H groups in total. The number of anilines is 1. The molecule has 1 amide bonds. The topological polar surface area (TPSA) is 66.8 Å². The Labute approximate surface area is 144 Å². The molecule has 1 saturated heterocycles. The second kappa shape index (κ2) is 6.93. The monoisotopic (exact) mass is 343 g/mol. The summed E-state index contributed by atoms with van der Waals surface area (Å²) in [6.07, 6.45) is 0.406. The molecule has 2 aromatic rings. The second-order valence-corrected chi connectivity index (χ2v) is 5.94. The molecule has 6 heteroatoms. The fraction of sp³-hybridized carbons (Fsp3) is 0.263. The predicted octanol–water partition coefficient (Wildman–Crippen LogP) is 3.40. The maximum atomic E-state index is 13.2. The average Bonchev–Trinajstić information content (AvgIpc) is 2.62. The number of methoxy groups -OCH3 is 1. The summed E-state index contributed by atoms with van der Waals surface area (Å²) in [5, 5.41) is 9.64. The SMILES string of the molecule is COc1ccc(C2C(C(=O)O)CCC(=O)N2c2ccc(F)cc2)cc1. The Morgan fingerprint density at radius 3 is 2.36 bits per heavy atom. The van der Waals surface area contributed by atoms with E-state index < -0.39 is 23.7 Å². The van der Waals surface area contributed by atoms with Gasteiger partial charge in [-0.3, -0.25) is 9.59 Å². The number of carbonyl (C=O) groups excluding carboxylic acids is 1. The minimum absolute atomic E-state index is 0.140. The number of nitrogens with zero attached hydrogens (tertiary/aromatic N) is 1. The lowest BCUT2D eigenvalue weighted by molar-refractivity contribution is -0.144. The summed E-state index contributed by atoms with van der Waals surface area (Å²) in [6.45, 7) is 0. The molecule has 1 aliphatic heterocycles. The van der Waals surface area contributed by atoms with Crippen molar-refractivity contribution in [2.24, 2.45) is 5.92 Å². The van der Waals surface area contributed by atoms with E-state index >= 15 is 0 Å². The quantitative estimate of drug-likeness (QED) is 0.924. The van der Waals surface area contributed by atoms with Crippen molar-refractivity contribution in [3.63, 3.8) is 0 Å². The number of piperidine rings is 1. The van der Waals surface area contributed by atoms with E-state index in [1.54, 1.807) is 31.4 Å². The Morgan fingerprint density at radius 1 is 1.16 bits per heavy atom. The molecule has 2 aromatic carbocycles. The van der Waals surface area contributed by atoms with Crippen LogP contribution in [-0.4, -0.2) is 24.1 Å². The zero-order valence-corrected chi connectivity index (χ0v) is 13.7. The van der Waals surface area contributed by atoms with Gasteiger partial charge in [-0.25, -0.2) is 4.39 Å². The number of rotatable bonds is 4. The minimum Gasteiger partial charge on any atom is -0.497 e. The number of aliphatic carboxylic acids is 1. The lowest BCUT2D eigenvalue weighted by atomic mass is 9.84. The van der Waals surface area contributed by atoms with Crippen molar-refractivity contribution in [1.82, 2.24) is 0 Å². The van der Waals surface area contributed by atoms with Gasteiger partial charge in [-0.05, 0) is 48.4 Å². The summed E-state index contributed by atoms with van der Waals surface area (Å²) in [4.78, 5) is 25.8. The number of hydrogen-bond acceptors (Lipinski definition) is 3. The molecule has 0 spiro atoms. The van der Waals surface area contributed by atoms with Gasteiger partial charge in [-0.2, -0.15) is 0 Å². The maximum absolute atomic E-state index is 13.2. The number of amides is 1. The molecule has 0 aliphatic carbocycles. The Kier molecular flexibility index (Phi) is 4.70. The van der Waals surface area contributed by atoms with Crippen LogP contribution in [0.4, 0.5) is 10.1 Å². The van der Waals surface area contributed by atoms with Gasteiger partial charge in [0, 0.05) is 12.1 Å². The highest BCUT2D eigenvalue weighted by Gasteiger charge is 2.41. The first kappa shape index (κ1) is 17.0. The van der Waals surface area contributed by atoms with E-state index in [1.165, 1.54) is 29.2 Å². The van der Waals surface area contributed by atoms with Crippen LogP contribution in [-0.2, 0) is 9.59 Å². The summed E-state index contributed by atoms with van der Waals surface area (Å²) in [5.74, 6) is -1.64. The molecule has 2 unspecified atom stereocenters. The van der Waals surface area contributed by atoms with Crippen LogP contribution in [0.1, 0.15) is 24.4 Å². The van der Waals surface area contributed by atoms with E-state index in [0.717, 1.165) is 0 Å². The van der Waals surface area contributed by atoms with Gasteiger partial charge in [0.25, 0.3) is 0 Å². The van der Waals surface area contributed by atoms with Gasteiger partial charge < -0.3 is 14.7 Å². The zero-order valence-electron chi connectivity index (χ0n) is 13.7. The minimum atomic E-state index is -0.958. The van der Waals surface area contributed by atoms with E-state index in [2.05, 4.69) is 0 Å². The van der Waals surface area contributed by atoms with Gasteiger partial charge in [-0.1, -0.05) is 12.1 Å². The molecular formula is C19H18FNO4. The number of benzene rings is 2. The Morgan fingerprint density at radius 2 is 1.80 bits per heavy atom. The third kappa shape index (κ3) is 3.33. The van der Waals surface area contributed by atoms with Crippen LogP contribution < -0.4 is 9.64 Å². The van der Waals surface area contributed by atoms with Crippen LogP contribution >= 0.6 is 0 Å². The summed E-state index contributed by atoms with van der Waals surface area (Å²) >= 11 is 0. The van der Waals surface area contributed by atoms with E-state index in [9.17, 15) is 19.1 Å². The third-order valence-corrected chi connectivity index (χ3v) is 4.48. The van der Waals surface area contributed by atoms with E-state index in [0.29, 0.717) is 17.0 Å². The zero-order chi connectivity index (χ0) is 18.0. The van der Waals surface area contributed by atoms with Crippen molar-refractivity contribution in [3.05, 3.63) is 59.9 Å². The van der Waals surface area contributed by atoms with Crippen molar-refractivity contribution >= 4 is 17.6 Å². The van der Waals surface area contributed by atoms with Crippen LogP contribution in [0.5, 0.6) is 5.75 Å². The molecule has 1 fully saturated rings. The first-order chi connectivity index (χ1) is 12.0. The van der Waals surface area contributed by atoms with Crippen molar-refractivity contribution in [2.45, 2.75) is 18.9 Å². The summed E-state index contributed by atoms with van der Waals surface area (Å²) < 4.78 is 18.4. The van der Waals surface area contributed by atoms with Crippen LogP contribution in [0.3, 0.4) is 0 Å². The normalized spacial score (nSPS) is 20.4. The fourth-order valence-corrected chi connectivity index (χ4v) is 3.24. The summed E-state index contributed by atoms with van der Waals surface area (Å²) in [5.41, 5.74) is 1.18. The molecule has 0 bridgehead atoms.